The first-order chi connectivity index (χ1) is 11.8. The highest BCUT2D eigenvalue weighted by Gasteiger charge is 2.43. The lowest BCUT2D eigenvalue weighted by Gasteiger charge is -2.27. The zero-order valence-corrected chi connectivity index (χ0v) is 17.4. The monoisotopic (exact) mass is 479 g/mol. The van der Waals surface area contributed by atoms with Gasteiger partial charge in [0.05, 0.1) is 21.9 Å². The van der Waals surface area contributed by atoms with Gasteiger partial charge in [0.1, 0.15) is 18.2 Å². The number of halogens is 1. The van der Waals surface area contributed by atoms with Gasteiger partial charge in [-0.05, 0) is 26.3 Å². The highest BCUT2D eigenvalue weighted by molar-refractivity contribution is 14.2. The van der Waals surface area contributed by atoms with Crippen molar-refractivity contribution in [3.8, 4) is 0 Å². The number of ether oxygens (including phenoxy) is 2. The second kappa shape index (κ2) is 9.09. The Bertz CT molecular complexity index is 592. The molecule has 1 aromatic carbocycles. The van der Waals surface area contributed by atoms with E-state index in [2.05, 4.69) is 0 Å². The fraction of sp³-hybridized carbons (Fsp3) is 0.529. The van der Waals surface area contributed by atoms with Crippen LogP contribution in [0.15, 0.2) is 30.3 Å². The Hall–Kier alpha value is -1.00. The number of nitrogens with zero attached hydrogens (tertiary/aromatic N) is 1. The van der Waals surface area contributed by atoms with Gasteiger partial charge in [0, 0.05) is 27.6 Å². The van der Waals surface area contributed by atoms with E-state index in [1.807, 2.05) is 51.5 Å². The Morgan fingerprint density at radius 3 is 2.56 bits per heavy atom. The van der Waals surface area contributed by atoms with E-state index in [4.69, 9.17) is 13.7 Å². The van der Waals surface area contributed by atoms with Crippen LogP contribution in [-0.4, -0.2) is 41.3 Å². The van der Waals surface area contributed by atoms with Crippen LogP contribution in [0.2, 0.25) is 0 Å². The molecule has 2 atom stereocenters. The third-order valence-electron chi connectivity index (χ3n) is 3.56. The predicted octanol–water partition coefficient (Wildman–Crippen LogP) is 4.12. The molecule has 1 aromatic rings. The van der Waals surface area contributed by atoms with Crippen LogP contribution in [0.3, 0.4) is 0 Å². The van der Waals surface area contributed by atoms with Crippen LogP contribution in [0.5, 0.6) is 0 Å². The van der Waals surface area contributed by atoms with Crippen molar-refractivity contribution in [2.75, 3.05) is 6.54 Å². The summed E-state index contributed by atoms with van der Waals surface area (Å²) < 4.78 is 16.3. The maximum atomic E-state index is 12.5. The lowest BCUT2D eigenvalue weighted by Crippen LogP contribution is -2.44. The van der Waals surface area contributed by atoms with E-state index < -0.39 is 23.7 Å². The molecule has 0 aliphatic carbocycles. The van der Waals surface area contributed by atoms with Gasteiger partial charge in [-0.2, -0.15) is 0 Å². The molecule has 0 aromatic heterocycles. The summed E-state index contributed by atoms with van der Waals surface area (Å²) in [5.74, 6) is -0.445. The number of esters is 1. The maximum Gasteiger partial charge on any atom is 0.411 e. The van der Waals surface area contributed by atoms with E-state index >= 15 is 0 Å². The van der Waals surface area contributed by atoms with E-state index in [1.165, 1.54) is 14.1 Å². The van der Waals surface area contributed by atoms with Crippen molar-refractivity contribution in [2.24, 2.45) is 0 Å². The van der Waals surface area contributed by atoms with Crippen molar-refractivity contribution in [1.82, 2.24) is 4.90 Å². The number of likely N-dealkylation sites (tertiary alicyclic amines) is 1. The molecule has 1 saturated heterocycles. The van der Waals surface area contributed by atoms with E-state index in [-0.39, 0.29) is 12.7 Å². The minimum atomic E-state index is -0.702. The van der Waals surface area contributed by atoms with Crippen molar-refractivity contribution in [3.63, 3.8) is 0 Å². The Morgan fingerprint density at radius 1 is 1.28 bits per heavy atom. The molecule has 8 heteroatoms. The minimum Gasteiger partial charge on any atom is -0.459 e. The average molecular weight is 479 g/mol. The van der Waals surface area contributed by atoms with Crippen LogP contribution in [0.4, 0.5) is 4.79 Å². The number of amides is 1. The van der Waals surface area contributed by atoms with Crippen molar-refractivity contribution in [3.05, 3.63) is 35.9 Å². The van der Waals surface area contributed by atoms with E-state index in [0.717, 1.165) is 5.56 Å². The first-order valence-electron chi connectivity index (χ1n) is 7.94. The summed E-state index contributed by atoms with van der Waals surface area (Å²) in [7, 11) is 1.19. The summed E-state index contributed by atoms with van der Waals surface area (Å²) in [5.41, 5.74) is 0.264. The van der Waals surface area contributed by atoms with Crippen molar-refractivity contribution in [2.45, 2.75) is 51.5 Å². The first kappa shape index (κ1) is 20.3. The molecule has 25 heavy (non-hydrogen) atoms. The summed E-state index contributed by atoms with van der Waals surface area (Å²) in [6, 6.07) is 8.72. The first-order valence-corrected chi connectivity index (χ1v) is 11.2. The van der Waals surface area contributed by atoms with Crippen molar-refractivity contribution in [1.29, 1.82) is 0 Å². The van der Waals surface area contributed by atoms with Crippen LogP contribution in [0.1, 0.15) is 32.8 Å². The molecule has 1 amide bonds. The third kappa shape index (κ3) is 6.34. The number of hydrogen-bond acceptors (Lipinski definition) is 6. The fourth-order valence-electron chi connectivity index (χ4n) is 2.49. The van der Waals surface area contributed by atoms with Crippen LogP contribution in [-0.2, 0) is 25.1 Å². The molecule has 0 unspecified atom stereocenters. The van der Waals surface area contributed by atoms with Gasteiger partial charge in [0.25, 0.3) is 0 Å². The Morgan fingerprint density at radius 2 is 1.96 bits per heavy atom. The molecule has 1 heterocycles. The maximum absolute atomic E-state index is 12.5. The molecule has 6 nitrogen and oxygen atoms in total. The second-order valence-corrected chi connectivity index (χ2v) is 8.16. The molecule has 0 saturated carbocycles. The number of hydrogen-bond donors (Lipinski definition) is 0. The van der Waals surface area contributed by atoms with E-state index in [0.29, 0.717) is 13.0 Å². The SMILES string of the molecule is CC(C)(C)OC(=O)N1C[C@@H](OSI)C[C@H]1C(=O)OCc1ccccc1. The molecule has 138 valence electrons. The second-order valence-electron chi connectivity index (χ2n) is 6.76. The summed E-state index contributed by atoms with van der Waals surface area (Å²) in [5, 5.41) is 0. The standard InChI is InChI=1S/C17H22INO5S/c1-17(2,3)23-16(21)19-10-13(24-25-18)9-14(19)15(20)22-11-12-7-5-4-6-8-12/h4-8,13-14H,9-11H2,1-3H3/t13-,14-/m0/s1. The normalized spacial score (nSPS) is 20.4. The molecule has 0 bridgehead atoms. The Balaban J connectivity index is 2.02. The molecule has 1 aliphatic heterocycles. The topological polar surface area (TPSA) is 65.1 Å². The van der Waals surface area contributed by atoms with Gasteiger partial charge >= 0.3 is 12.1 Å². The van der Waals surface area contributed by atoms with Gasteiger partial charge in [-0.1, -0.05) is 30.3 Å². The Kier molecular flexibility index (Phi) is 7.38. The summed E-state index contributed by atoms with van der Waals surface area (Å²) in [6.45, 7) is 5.84. The zero-order chi connectivity index (χ0) is 18.4. The van der Waals surface area contributed by atoms with Crippen molar-refractivity contribution >= 4 is 42.5 Å². The average Bonchev–Trinajstić information content (AvgIpc) is 2.97. The Labute approximate surface area is 164 Å². The molecule has 1 fully saturated rings. The number of carbonyl (C=O) groups excluding carboxylic acids is 2. The largest absolute Gasteiger partial charge is 0.459 e. The molecular weight excluding hydrogens is 457 g/mol. The number of benzene rings is 1. The lowest BCUT2D eigenvalue weighted by atomic mass is 10.2. The summed E-state index contributed by atoms with van der Waals surface area (Å²) >= 11 is 2.02. The highest BCUT2D eigenvalue weighted by atomic mass is 127. The summed E-state index contributed by atoms with van der Waals surface area (Å²) in [4.78, 5) is 26.3. The smallest absolute Gasteiger partial charge is 0.411 e. The van der Waals surface area contributed by atoms with Crippen molar-refractivity contribution < 1.29 is 23.2 Å². The van der Waals surface area contributed by atoms with Gasteiger partial charge in [0.15, 0.2) is 0 Å². The van der Waals surface area contributed by atoms with E-state index in [1.54, 1.807) is 20.8 Å². The number of carbonyl (C=O) groups is 2. The molecule has 0 radical (unpaired) electrons. The van der Waals surface area contributed by atoms with Crippen LogP contribution in [0, 0.1) is 0 Å². The zero-order valence-electron chi connectivity index (χ0n) is 14.4. The number of rotatable bonds is 5. The van der Waals surface area contributed by atoms with Gasteiger partial charge in [0.2, 0.25) is 0 Å². The molecule has 1 aliphatic rings. The third-order valence-corrected chi connectivity index (χ3v) is 4.53. The van der Waals surface area contributed by atoms with Gasteiger partial charge in [-0.3, -0.25) is 4.90 Å². The molecule has 2 rings (SSSR count). The van der Waals surface area contributed by atoms with Crippen LogP contribution < -0.4 is 0 Å². The minimum absolute atomic E-state index is 0.172. The van der Waals surface area contributed by atoms with Gasteiger partial charge in [-0.15, -0.1) is 0 Å². The quantitative estimate of drug-likeness (QED) is 0.360. The summed E-state index contributed by atoms with van der Waals surface area (Å²) in [6.07, 6.45) is -0.370. The predicted molar refractivity (Wildman–Crippen MR) is 104 cm³/mol. The van der Waals surface area contributed by atoms with E-state index in [9.17, 15) is 9.59 Å². The lowest BCUT2D eigenvalue weighted by molar-refractivity contribution is -0.150. The molecule has 0 spiro atoms. The molecule has 0 N–H and O–H groups in total. The molecular formula is C17H22INO5S. The fourth-order valence-corrected chi connectivity index (χ4v) is 3.61. The van der Waals surface area contributed by atoms with Crippen LogP contribution in [0.25, 0.3) is 0 Å². The van der Waals surface area contributed by atoms with Crippen LogP contribution >= 0.6 is 30.4 Å². The van der Waals surface area contributed by atoms with Gasteiger partial charge < -0.3 is 13.7 Å². The highest BCUT2D eigenvalue weighted by Crippen LogP contribution is 2.28. The van der Waals surface area contributed by atoms with Gasteiger partial charge in [-0.25, -0.2) is 9.59 Å².